The minimum Gasteiger partial charge on any atom is -0.494 e. The third kappa shape index (κ3) is 2.91. The number of carbonyl (C=O) groups excluding carboxylic acids is 2. The molecule has 27 heavy (non-hydrogen) atoms. The maximum Gasteiger partial charge on any atom is 0.280 e. The van der Waals surface area contributed by atoms with Crippen LogP contribution in [-0.2, 0) is 11.8 Å². The van der Waals surface area contributed by atoms with Crippen molar-refractivity contribution in [3.8, 4) is 5.88 Å². The predicted octanol–water partition coefficient (Wildman–Crippen LogP) is 1.30. The number of anilines is 1. The van der Waals surface area contributed by atoms with Crippen molar-refractivity contribution in [1.82, 2.24) is 4.57 Å². The monoisotopic (exact) mass is 366 g/mol. The number of benzene rings is 1. The van der Waals surface area contributed by atoms with Gasteiger partial charge in [0.1, 0.15) is 5.56 Å². The van der Waals surface area contributed by atoms with Gasteiger partial charge in [0.15, 0.2) is 0 Å². The fourth-order valence-electron chi connectivity index (χ4n) is 2.95. The van der Waals surface area contributed by atoms with Crippen LogP contribution in [0.25, 0.3) is 6.08 Å². The van der Waals surface area contributed by atoms with E-state index in [-0.39, 0.29) is 22.3 Å². The Hall–Kier alpha value is -3.68. The number of aromatic nitrogens is 1. The van der Waals surface area contributed by atoms with Crippen molar-refractivity contribution in [3.63, 3.8) is 0 Å². The van der Waals surface area contributed by atoms with E-state index in [0.717, 1.165) is 4.57 Å². The van der Waals surface area contributed by atoms with E-state index in [1.54, 1.807) is 31.2 Å². The number of rotatable bonds is 3. The van der Waals surface area contributed by atoms with Crippen LogP contribution in [0.15, 0.2) is 45.8 Å². The SMILES string of the molecule is CC1=NN(c2ccccc2)C(=O)/C1=C/c1c(C)c(C(N)=O)c(O)n(C)c1=O. The van der Waals surface area contributed by atoms with Crippen molar-refractivity contribution < 1.29 is 14.7 Å². The first-order valence-electron chi connectivity index (χ1n) is 8.13. The lowest BCUT2D eigenvalue weighted by Gasteiger charge is -2.13. The number of para-hydroxylation sites is 1. The van der Waals surface area contributed by atoms with Gasteiger partial charge in [0.25, 0.3) is 17.4 Å². The fraction of sp³-hybridized carbons (Fsp3) is 0.158. The van der Waals surface area contributed by atoms with Crippen LogP contribution in [0.3, 0.4) is 0 Å². The number of hydrogen-bond acceptors (Lipinski definition) is 5. The molecule has 1 aromatic heterocycles. The van der Waals surface area contributed by atoms with Gasteiger partial charge in [-0.25, -0.2) is 0 Å². The molecule has 2 amide bonds. The highest BCUT2D eigenvalue weighted by molar-refractivity contribution is 6.32. The lowest BCUT2D eigenvalue weighted by atomic mass is 10.0. The van der Waals surface area contributed by atoms with E-state index in [1.165, 1.54) is 25.1 Å². The van der Waals surface area contributed by atoms with E-state index in [9.17, 15) is 19.5 Å². The van der Waals surface area contributed by atoms with Gasteiger partial charge in [0, 0.05) is 12.6 Å². The van der Waals surface area contributed by atoms with E-state index in [1.807, 2.05) is 6.07 Å². The number of hydrazone groups is 1. The zero-order valence-electron chi connectivity index (χ0n) is 15.1. The molecule has 0 unspecified atom stereocenters. The van der Waals surface area contributed by atoms with Crippen molar-refractivity contribution in [2.75, 3.05) is 5.01 Å². The van der Waals surface area contributed by atoms with Crippen molar-refractivity contribution in [2.45, 2.75) is 13.8 Å². The van der Waals surface area contributed by atoms with E-state index < -0.39 is 23.3 Å². The topological polar surface area (TPSA) is 118 Å². The number of hydrogen-bond donors (Lipinski definition) is 2. The normalized spacial score (nSPS) is 15.4. The summed E-state index contributed by atoms with van der Waals surface area (Å²) in [6, 6.07) is 8.88. The Bertz CT molecular complexity index is 1080. The zero-order valence-corrected chi connectivity index (χ0v) is 15.1. The van der Waals surface area contributed by atoms with Crippen molar-refractivity contribution in [2.24, 2.45) is 17.9 Å². The molecule has 0 aliphatic carbocycles. The molecule has 0 radical (unpaired) electrons. The molecular weight excluding hydrogens is 348 g/mol. The summed E-state index contributed by atoms with van der Waals surface area (Å²) >= 11 is 0. The number of carbonyl (C=O) groups is 2. The van der Waals surface area contributed by atoms with Crippen LogP contribution in [-0.4, -0.2) is 27.2 Å². The summed E-state index contributed by atoms with van der Waals surface area (Å²) in [5, 5.41) is 15.6. The van der Waals surface area contributed by atoms with Crippen LogP contribution in [0.1, 0.15) is 28.4 Å². The molecule has 2 heterocycles. The molecule has 2 aromatic rings. The van der Waals surface area contributed by atoms with Crippen molar-refractivity contribution >= 4 is 29.3 Å². The summed E-state index contributed by atoms with van der Waals surface area (Å²) < 4.78 is 0.917. The minimum atomic E-state index is -0.866. The molecule has 0 atom stereocenters. The van der Waals surface area contributed by atoms with Crippen molar-refractivity contribution in [1.29, 1.82) is 0 Å². The largest absolute Gasteiger partial charge is 0.494 e. The Balaban J connectivity index is 2.16. The molecule has 3 N–H and O–H groups in total. The van der Waals surface area contributed by atoms with E-state index >= 15 is 0 Å². The third-order valence-corrected chi connectivity index (χ3v) is 4.45. The first-order chi connectivity index (χ1) is 12.7. The molecule has 1 aromatic carbocycles. The average molecular weight is 366 g/mol. The molecule has 8 heteroatoms. The summed E-state index contributed by atoms with van der Waals surface area (Å²) in [7, 11) is 1.32. The second-order valence-corrected chi connectivity index (χ2v) is 6.16. The Kier molecular flexibility index (Phi) is 4.40. The van der Waals surface area contributed by atoms with Gasteiger partial charge in [-0.15, -0.1) is 0 Å². The smallest absolute Gasteiger partial charge is 0.280 e. The van der Waals surface area contributed by atoms with Crippen LogP contribution < -0.4 is 16.3 Å². The Morgan fingerprint density at radius 1 is 1.19 bits per heavy atom. The zero-order chi connectivity index (χ0) is 19.9. The minimum absolute atomic E-state index is 0.0944. The van der Waals surface area contributed by atoms with Crippen LogP contribution in [0.5, 0.6) is 5.88 Å². The Morgan fingerprint density at radius 2 is 1.81 bits per heavy atom. The number of nitrogens with zero attached hydrogens (tertiary/aromatic N) is 3. The molecule has 138 valence electrons. The van der Waals surface area contributed by atoms with Crippen LogP contribution in [0, 0.1) is 6.92 Å². The highest BCUT2D eigenvalue weighted by Crippen LogP contribution is 2.26. The van der Waals surface area contributed by atoms with E-state index in [2.05, 4.69) is 5.10 Å². The maximum atomic E-state index is 12.8. The van der Waals surface area contributed by atoms with Crippen LogP contribution >= 0.6 is 0 Å². The average Bonchev–Trinajstić information content (AvgIpc) is 2.91. The molecule has 3 rings (SSSR count). The van der Waals surface area contributed by atoms with Gasteiger partial charge in [-0.1, -0.05) is 18.2 Å². The van der Waals surface area contributed by atoms with E-state index in [0.29, 0.717) is 11.4 Å². The second kappa shape index (κ2) is 6.56. The molecule has 1 aliphatic rings. The standard InChI is InChI=1S/C19H18N4O4/c1-10-13(17(25)22(3)19(27)15(10)16(20)24)9-14-11(2)21-23(18(14)26)12-7-5-4-6-8-12/h4-9,27H,1-3H3,(H2,20,24)/b14-9+. The second-order valence-electron chi connectivity index (χ2n) is 6.16. The van der Waals surface area contributed by atoms with Gasteiger partial charge in [0.2, 0.25) is 5.88 Å². The molecule has 8 nitrogen and oxygen atoms in total. The first kappa shape index (κ1) is 18.1. The van der Waals surface area contributed by atoms with Crippen molar-refractivity contribution in [3.05, 3.63) is 62.9 Å². The Morgan fingerprint density at radius 3 is 2.41 bits per heavy atom. The summed E-state index contributed by atoms with van der Waals surface area (Å²) in [5.74, 6) is -1.77. The van der Waals surface area contributed by atoms with E-state index in [4.69, 9.17) is 5.73 Å². The van der Waals surface area contributed by atoms with Gasteiger partial charge in [-0.05, 0) is 37.6 Å². The first-order valence-corrected chi connectivity index (χ1v) is 8.13. The summed E-state index contributed by atoms with van der Waals surface area (Å²) in [6.45, 7) is 3.15. The van der Waals surface area contributed by atoms with Gasteiger partial charge in [-0.3, -0.25) is 19.0 Å². The fourth-order valence-corrected chi connectivity index (χ4v) is 2.95. The number of pyridine rings is 1. The van der Waals surface area contributed by atoms with Gasteiger partial charge >= 0.3 is 0 Å². The molecule has 0 bridgehead atoms. The van der Waals surface area contributed by atoms with Gasteiger partial charge in [-0.2, -0.15) is 10.1 Å². The quantitative estimate of drug-likeness (QED) is 0.796. The number of primary amides is 1. The number of nitrogens with two attached hydrogens (primary N) is 1. The third-order valence-electron chi connectivity index (χ3n) is 4.45. The van der Waals surface area contributed by atoms with Gasteiger partial charge in [0.05, 0.1) is 17.0 Å². The Labute approximate surface area is 154 Å². The van der Waals surface area contributed by atoms with Crippen LogP contribution in [0.4, 0.5) is 5.69 Å². The maximum absolute atomic E-state index is 12.8. The lowest BCUT2D eigenvalue weighted by molar-refractivity contribution is -0.114. The summed E-state index contributed by atoms with van der Waals surface area (Å²) in [5.41, 5.74) is 6.16. The molecule has 1 aliphatic heterocycles. The molecule has 0 spiro atoms. The summed E-state index contributed by atoms with van der Waals surface area (Å²) in [6.07, 6.45) is 1.38. The number of aromatic hydroxyl groups is 1. The predicted molar refractivity (Wildman–Crippen MR) is 102 cm³/mol. The molecule has 0 fully saturated rings. The summed E-state index contributed by atoms with van der Waals surface area (Å²) in [4.78, 5) is 37.1. The number of amides is 2. The lowest BCUT2D eigenvalue weighted by Crippen LogP contribution is -2.27. The highest BCUT2D eigenvalue weighted by Gasteiger charge is 2.30. The molecule has 0 saturated carbocycles. The van der Waals surface area contributed by atoms with Gasteiger partial charge < -0.3 is 10.8 Å². The molecular formula is C19H18N4O4. The highest BCUT2D eigenvalue weighted by atomic mass is 16.3. The molecule has 0 saturated heterocycles. The van der Waals surface area contributed by atoms with Crippen LogP contribution in [0.2, 0.25) is 0 Å².